The van der Waals surface area contributed by atoms with Crippen molar-refractivity contribution in [2.75, 3.05) is 5.73 Å². The average molecular weight is 290 g/mol. The number of nitrogens with one attached hydrogen (secondary N) is 2. The van der Waals surface area contributed by atoms with Crippen LogP contribution in [-0.4, -0.2) is 11.8 Å². The Balaban J connectivity index is 2.03. The highest BCUT2D eigenvalue weighted by Crippen LogP contribution is 2.14. The summed E-state index contributed by atoms with van der Waals surface area (Å²) >= 11 is 5.88. The molecule has 6 heteroatoms. The van der Waals surface area contributed by atoms with Crippen LogP contribution in [0.3, 0.4) is 0 Å². The predicted octanol–water partition coefficient (Wildman–Crippen LogP) is 2.00. The van der Waals surface area contributed by atoms with Crippen molar-refractivity contribution in [2.24, 2.45) is 0 Å². The maximum absolute atomic E-state index is 11.8. The van der Waals surface area contributed by atoms with Crippen LogP contribution in [0.15, 0.2) is 48.5 Å². The second-order valence-electron chi connectivity index (χ2n) is 3.98. The lowest BCUT2D eigenvalue weighted by Gasteiger charge is -2.09. The van der Waals surface area contributed by atoms with Gasteiger partial charge in [0.25, 0.3) is 11.8 Å². The van der Waals surface area contributed by atoms with Gasteiger partial charge in [0, 0.05) is 5.69 Å². The Morgan fingerprint density at radius 2 is 1.35 bits per heavy atom. The molecule has 0 atom stereocenters. The van der Waals surface area contributed by atoms with Gasteiger partial charge in [-0.2, -0.15) is 0 Å². The highest BCUT2D eigenvalue weighted by molar-refractivity contribution is 6.33. The van der Waals surface area contributed by atoms with E-state index in [1.165, 1.54) is 0 Å². The normalized spacial score (nSPS) is 9.85. The van der Waals surface area contributed by atoms with Gasteiger partial charge < -0.3 is 5.73 Å². The van der Waals surface area contributed by atoms with Crippen LogP contribution in [0.4, 0.5) is 5.69 Å². The molecule has 0 saturated carbocycles. The van der Waals surface area contributed by atoms with E-state index in [-0.39, 0.29) is 11.1 Å². The molecule has 0 unspecified atom stereocenters. The predicted molar refractivity (Wildman–Crippen MR) is 77.2 cm³/mol. The summed E-state index contributed by atoms with van der Waals surface area (Å²) in [6, 6.07) is 13.1. The molecular formula is C14H12ClN3O2. The molecule has 2 amide bonds. The Hall–Kier alpha value is -2.53. The number of para-hydroxylation sites is 1. The van der Waals surface area contributed by atoms with Crippen LogP contribution in [0, 0.1) is 0 Å². The molecule has 0 radical (unpaired) electrons. The zero-order valence-electron chi connectivity index (χ0n) is 10.4. The minimum Gasteiger partial charge on any atom is -0.398 e. The first-order chi connectivity index (χ1) is 9.59. The number of carbonyl (C=O) groups is 2. The fourth-order valence-corrected chi connectivity index (χ4v) is 1.82. The van der Waals surface area contributed by atoms with Crippen LogP contribution < -0.4 is 16.6 Å². The molecule has 5 nitrogen and oxygen atoms in total. The van der Waals surface area contributed by atoms with E-state index in [0.29, 0.717) is 10.7 Å². The van der Waals surface area contributed by atoms with Crippen molar-refractivity contribution in [1.82, 2.24) is 10.9 Å². The van der Waals surface area contributed by atoms with E-state index in [2.05, 4.69) is 10.9 Å². The van der Waals surface area contributed by atoms with Crippen molar-refractivity contribution in [3.05, 3.63) is 64.7 Å². The van der Waals surface area contributed by atoms with Gasteiger partial charge in [0.05, 0.1) is 16.1 Å². The highest BCUT2D eigenvalue weighted by atomic mass is 35.5. The molecule has 2 aromatic rings. The van der Waals surface area contributed by atoms with Crippen LogP contribution in [0.2, 0.25) is 5.02 Å². The van der Waals surface area contributed by atoms with Crippen molar-refractivity contribution in [2.45, 2.75) is 0 Å². The van der Waals surface area contributed by atoms with Gasteiger partial charge in [0.15, 0.2) is 0 Å². The Labute approximate surface area is 120 Å². The molecule has 0 aromatic heterocycles. The molecule has 2 aromatic carbocycles. The van der Waals surface area contributed by atoms with E-state index in [4.69, 9.17) is 17.3 Å². The fraction of sp³-hybridized carbons (Fsp3) is 0. The molecule has 0 saturated heterocycles. The first kappa shape index (κ1) is 13.9. The second kappa shape index (κ2) is 6.08. The number of halogens is 1. The number of benzene rings is 2. The number of hydrazine groups is 1. The molecule has 0 spiro atoms. The SMILES string of the molecule is Nc1ccccc1C(=O)NNC(=O)c1ccccc1Cl. The first-order valence-corrected chi connectivity index (χ1v) is 6.17. The average Bonchev–Trinajstić information content (AvgIpc) is 2.45. The van der Waals surface area contributed by atoms with Gasteiger partial charge in [-0.3, -0.25) is 20.4 Å². The minimum atomic E-state index is -0.501. The molecule has 0 heterocycles. The molecule has 20 heavy (non-hydrogen) atoms. The van der Waals surface area contributed by atoms with Gasteiger partial charge in [-0.1, -0.05) is 35.9 Å². The van der Waals surface area contributed by atoms with Gasteiger partial charge in [-0.05, 0) is 24.3 Å². The maximum atomic E-state index is 11.8. The maximum Gasteiger partial charge on any atom is 0.271 e. The Kier molecular flexibility index (Phi) is 4.22. The van der Waals surface area contributed by atoms with Crippen molar-refractivity contribution < 1.29 is 9.59 Å². The van der Waals surface area contributed by atoms with Gasteiger partial charge in [0.1, 0.15) is 0 Å². The number of anilines is 1. The summed E-state index contributed by atoms with van der Waals surface area (Å²) in [6.45, 7) is 0. The number of amides is 2. The van der Waals surface area contributed by atoms with Crippen LogP contribution in [-0.2, 0) is 0 Å². The number of hydrogen-bond acceptors (Lipinski definition) is 3. The monoisotopic (exact) mass is 289 g/mol. The zero-order valence-corrected chi connectivity index (χ0v) is 11.1. The van der Waals surface area contributed by atoms with Crippen molar-refractivity contribution >= 4 is 29.1 Å². The van der Waals surface area contributed by atoms with E-state index in [1.807, 2.05) is 0 Å². The van der Waals surface area contributed by atoms with Gasteiger partial charge in [-0.25, -0.2) is 0 Å². The Morgan fingerprint density at radius 1 is 0.850 bits per heavy atom. The zero-order chi connectivity index (χ0) is 14.5. The largest absolute Gasteiger partial charge is 0.398 e. The summed E-state index contributed by atoms with van der Waals surface area (Å²) in [5.74, 6) is -0.998. The number of carbonyl (C=O) groups excluding carboxylic acids is 2. The third kappa shape index (κ3) is 3.07. The summed E-state index contributed by atoms with van der Waals surface area (Å²) in [5.41, 5.74) is 11.1. The molecule has 0 aliphatic heterocycles. The van der Waals surface area contributed by atoms with E-state index in [0.717, 1.165) is 0 Å². The molecule has 0 aliphatic carbocycles. The lowest BCUT2D eigenvalue weighted by molar-refractivity contribution is 0.0847. The third-order valence-corrected chi connectivity index (χ3v) is 2.94. The van der Waals surface area contributed by atoms with E-state index in [1.54, 1.807) is 48.5 Å². The van der Waals surface area contributed by atoms with E-state index < -0.39 is 11.8 Å². The quantitative estimate of drug-likeness (QED) is 0.584. The number of nitrogen functional groups attached to an aromatic ring is 1. The lowest BCUT2D eigenvalue weighted by atomic mass is 10.2. The first-order valence-electron chi connectivity index (χ1n) is 5.79. The Morgan fingerprint density at radius 3 is 1.95 bits per heavy atom. The van der Waals surface area contributed by atoms with E-state index in [9.17, 15) is 9.59 Å². The molecule has 4 N–H and O–H groups in total. The van der Waals surface area contributed by atoms with Crippen LogP contribution >= 0.6 is 11.6 Å². The number of hydrogen-bond donors (Lipinski definition) is 3. The van der Waals surface area contributed by atoms with Crippen LogP contribution in [0.25, 0.3) is 0 Å². The fourth-order valence-electron chi connectivity index (χ4n) is 1.60. The highest BCUT2D eigenvalue weighted by Gasteiger charge is 2.12. The summed E-state index contributed by atoms with van der Waals surface area (Å²) in [5, 5.41) is 0.304. The van der Waals surface area contributed by atoms with Gasteiger partial charge >= 0.3 is 0 Å². The number of rotatable bonds is 2. The molecule has 0 bridgehead atoms. The molecule has 0 aliphatic rings. The molecule has 102 valence electrons. The lowest BCUT2D eigenvalue weighted by Crippen LogP contribution is -2.41. The van der Waals surface area contributed by atoms with Crippen LogP contribution in [0.5, 0.6) is 0 Å². The summed E-state index contributed by atoms with van der Waals surface area (Å²) < 4.78 is 0. The Bertz CT molecular complexity index is 601. The molecule has 2 rings (SSSR count). The topological polar surface area (TPSA) is 84.2 Å². The third-order valence-electron chi connectivity index (χ3n) is 2.61. The molecule has 0 fully saturated rings. The van der Waals surface area contributed by atoms with Crippen molar-refractivity contribution in [3.63, 3.8) is 0 Å². The van der Waals surface area contributed by atoms with E-state index >= 15 is 0 Å². The summed E-state index contributed by atoms with van der Waals surface area (Å²) in [4.78, 5) is 23.7. The van der Waals surface area contributed by atoms with Crippen molar-refractivity contribution in [3.8, 4) is 0 Å². The van der Waals surface area contributed by atoms with Gasteiger partial charge in [-0.15, -0.1) is 0 Å². The van der Waals surface area contributed by atoms with Crippen molar-refractivity contribution in [1.29, 1.82) is 0 Å². The summed E-state index contributed by atoms with van der Waals surface area (Å²) in [7, 11) is 0. The van der Waals surface area contributed by atoms with Crippen LogP contribution in [0.1, 0.15) is 20.7 Å². The summed E-state index contributed by atoms with van der Waals surface area (Å²) in [6.07, 6.45) is 0. The smallest absolute Gasteiger partial charge is 0.271 e. The second-order valence-corrected chi connectivity index (χ2v) is 4.38. The van der Waals surface area contributed by atoms with Gasteiger partial charge in [0.2, 0.25) is 0 Å². The minimum absolute atomic E-state index is 0.274. The number of nitrogens with two attached hydrogens (primary N) is 1. The molecular weight excluding hydrogens is 278 g/mol. The standard InChI is InChI=1S/C14H12ClN3O2/c15-11-7-3-1-5-9(11)13(19)17-18-14(20)10-6-2-4-8-12(10)16/h1-8H,16H2,(H,17,19)(H,18,20).